The third kappa shape index (κ3) is 6.59. The maximum Gasteiger partial charge on any atom is 0.232 e. The third-order valence-corrected chi connectivity index (χ3v) is 6.55. The summed E-state index contributed by atoms with van der Waals surface area (Å²) in [6.45, 7) is 5.18. The molecule has 0 unspecified atom stereocenters. The SMILES string of the molecule is Cc1ccc(Cl)cc1N(CCCC(=O)Nc1ccc(N2CCOCC2)cc1)S(C)(=O)=O. The number of rotatable bonds is 8. The maximum atomic E-state index is 12.4. The fraction of sp³-hybridized carbons (Fsp3) is 0.409. The van der Waals surface area contributed by atoms with Gasteiger partial charge >= 0.3 is 0 Å². The predicted octanol–water partition coefficient (Wildman–Crippen LogP) is 3.67. The van der Waals surface area contributed by atoms with Crippen LogP contribution in [-0.2, 0) is 19.6 Å². The van der Waals surface area contributed by atoms with Crippen LogP contribution in [0.2, 0.25) is 5.02 Å². The molecule has 1 amide bonds. The van der Waals surface area contributed by atoms with E-state index >= 15 is 0 Å². The number of benzene rings is 2. The Bertz CT molecular complexity index is 1010. The molecular weight excluding hydrogens is 438 g/mol. The summed E-state index contributed by atoms with van der Waals surface area (Å²) < 4.78 is 31.3. The molecule has 7 nitrogen and oxygen atoms in total. The number of morpholine rings is 1. The largest absolute Gasteiger partial charge is 0.378 e. The highest BCUT2D eigenvalue weighted by molar-refractivity contribution is 7.92. The van der Waals surface area contributed by atoms with Crippen molar-refractivity contribution in [3.63, 3.8) is 0 Å². The molecule has 1 fully saturated rings. The van der Waals surface area contributed by atoms with Gasteiger partial charge in [0.1, 0.15) is 0 Å². The van der Waals surface area contributed by atoms with Gasteiger partial charge in [-0.05, 0) is 55.3 Å². The first-order valence-electron chi connectivity index (χ1n) is 10.2. The molecule has 168 valence electrons. The summed E-state index contributed by atoms with van der Waals surface area (Å²) in [6.07, 6.45) is 1.75. The number of halogens is 1. The highest BCUT2D eigenvalue weighted by Crippen LogP contribution is 2.27. The lowest BCUT2D eigenvalue weighted by atomic mass is 10.2. The van der Waals surface area contributed by atoms with Gasteiger partial charge < -0.3 is 15.0 Å². The van der Waals surface area contributed by atoms with Crippen LogP contribution >= 0.6 is 11.6 Å². The van der Waals surface area contributed by atoms with Gasteiger partial charge in [-0.1, -0.05) is 17.7 Å². The van der Waals surface area contributed by atoms with Crippen LogP contribution in [0.1, 0.15) is 18.4 Å². The van der Waals surface area contributed by atoms with Gasteiger partial charge in [-0.3, -0.25) is 9.10 Å². The minimum atomic E-state index is -3.50. The monoisotopic (exact) mass is 465 g/mol. The molecule has 1 aliphatic rings. The van der Waals surface area contributed by atoms with Gasteiger partial charge in [-0.25, -0.2) is 8.42 Å². The Hall–Kier alpha value is -2.29. The van der Waals surface area contributed by atoms with E-state index in [0.29, 0.717) is 22.8 Å². The zero-order chi connectivity index (χ0) is 22.4. The summed E-state index contributed by atoms with van der Waals surface area (Å²) in [7, 11) is -3.50. The Labute approximate surface area is 189 Å². The molecule has 0 saturated carbocycles. The average molecular weight is 466 g/mol. The molecule has 0 aromatic heterocycles. The molecule has 0 aliphatic carbocycles. The third-order valence-electron chi connectivity index (χ3n) is 5.13. The molecule has 1 N–H and O–H groups in total. The van der Waals surface area contributed by atoms with E-state index in [1.165, 1.54) is 4.31 Å². The van der Waals surface area contributed by atoms with E-state index in [9.17, 15) is 13.2 Å². The lowest BCUT2D eigenvalue weighted by molar-refractivity contribution is -0.116. The number of sulfonamides is 1. The molecular formula is C22H28ClN3O4S. The first-order valence-corrected chi connectivity index (χ1v) is 12.4. The molecule has 3 rings (SSSR count). The van der Waals surface area contributed by atoms with Crippen molar-refractivity contribution >= 4 is 44.6 Å². The minimum absolute atomic E-state index is 0.157. The number of anilines is 3. The maximum absolute atomic E-state index is 12.4. The van der Waals surface area contributed by atoms with E-state index in [2.05, 4.69) is 10.2 Å². The summed E-state index contributed by atoms with van der Waals surface area (Å²) >= 11 is 6.05. The lowest BCUT2D eigenvalue weighted by Crippen LogP contribution is -2.36. The van der Waals surface area contributed by atoms with Crippen molar-refractivity contribution in [2.24, 2.45) is 0 Å². The Balaban J connectivity index is 1.55. The highest BCUT2D eigenvalue weighted by Gasteiger charge is 2.20. The summed E-state index contributed by atoms with van der Waals surface area (Å²) in [5.74, 6) is -0.157. The van der Waals surface area contributed by atoms with Gasteiger partial charge in [0.25, 0.3) is 0 Å². The van der Waals surface area contributed by atoms with Crippen LogP contribution in [0.5, 0.6) is 0 Å². The molecule has 0 spiro atoms. The van der Waals surface area contributed by atoms with Crippen molar-refractivity contribution < 1.29 is 17.9 Å². The first-order chi connectivity index (χ1) is 14.7. The molecule has 2 aromatic carbocycles. The molecule has 0 atom stereocenters. The number of aryl methyl sites for hydroxylation is 1. The number of ether oxygens (including phenoxy) is 1. The summed E-state index contributed by atoms with van der Waals surface area (Å²) in [5.41, 5.74) is 3.16. The summed E-state index contributed by atoms with van der Waals surface area (Å²) in [6, 6.07) is 12.8. The molecule has 9 heteroatoms. The molecule has 0 radical (unpaired) electrons. The van der Waals surface area contributed by atoms with Crippen molar-refractivity contribution in [2.75, 3.05) is 53.6 Å². The molecule has 2 aromatic rings. The quantitative estimate of drug-likeness (QED) is 0.643. The molecule has 1 heterocycles. The van der Waals surface area contributed by atoms with Gasteiger partial charge in [0.2, 0.25) is 15.9 Å². The molecule has 0 bridgehead atoms. The van der Waals surface area contributed by atoms with Crippen molar-refractivity contribution in [3.05, 3.63) is 53.1 Å². The Kier molecular flexibility index (Phi) is 7.80. The van der Waals surface area contributed by atoms with Gasteiger partial charge in [0.05, 0.1) is 25.2 Å². The number of hydrogen-bond donors (Lipinski definition) is 1. The van der Waals surface area contributed by atoms with Crippen molar-refractivity contribution in [2.45, 2.75) is 19.8 Å². The average Bonchev–Trinajstić information content (AvgIpc) is 2.73. The Morgan fingerprint density at radius 1 is 1.16 bits per heavy atom. The van der Waals surface area contributed by atoms with Crippen LogP contribution in [0, 0.1) is 6.92 Å². The van der Waals surface area contributed by atoms with Crippen LogP contribution in [0.3, 0.4) is 0 Å². The minimum Gasteiger partial charge on any atom is -0.378 e. The van der Waals surface area contributed by atoms with Crippen LogP contribution < -0.4 is 14.5 Å². The Morgan fingerprint density at radius 2 is 1.84 bits per heavy atom. The van der Waals surface area contributed by atoms with Crippen LogP contribution in [0.15, 0.2) is 42.5 Å². The second-order valence-corrected chi connectivity index (χ2v) is 9.91. The topological polar surface area (TPSA) is 79.0 Å². The molecule has 1 aliphatic heterocycles. The number of carbonyl (C=O) groups excluding carboxylic acids is 1. The normalized spacial score (nSPS) is 14.4. The fourth-order valence-corrected chi connectivity index (χ4v) is 4.68. The van der Waals surface area contributed by atoms with E-state index in [4.69, 9.17) is 16.3 Å². The number of nitrogens with one attached hydrogen (secondary N) is 1. The zero-order valence-corrected chi connectivity index (χ0v) is 19.4. The van der Waals surface area contributed by atoms with Gasteiger partial charge in [-0.15, -0.1) is 0 Å². The fourth-order valence-electron chi connectivity index (χ4n) is 3.50. The van der Waals surface area contributed by atoms with Crippen molar-refractivity contribution in [1.29, 1.82) is 0 Å². The molecule has 1 saturated heterocycles. The van der Waals surface area contributed by atoms with Gasteiger partial charge in [0, 0.05) is 42.5 Å². The predicted molar refractivity (Wildman–Crippen MR) is 126 cm³/mol. The Morgan fingerprint density at radius 3 is 2.48 bits per heavy atom. The van der Waals surface area contributed by atoms with E-state index < -0.39 is 10.0 Å². The highest BCUT2D eigenvalue weighted by atomic mass is 35.5. The van der Waals surface area contributed by atoms with E-state index in [-0.39, 0.29) is 18.9 Å². The second kappa shape index (κ2) is 10.3. The van der Waals surface area contributed by atoms with E-state index in [1.54, 1.807) is 18.2 Å². The zero-order valence-electron chi connectivity index (χ0n) is 17.8. The first kappa shape index (κ1) is 23.4. The van der Waals surface area contributed by atoms with E-state index in [0.717, 1.165) is 43.8 Å². The smallest absolute Gasteiger partial charge is 0.232 e. The summed E-state index contributed by atoms with van der Waals surface area (Å²) in [4.78, 5) is 14.6. The molecule has 31 heavy (non-hydrogen) atoms. The van der Waals surface area contributed by atoms with Gasteiger partial charge in [-0.2, -0.15) is 0 Å². The number of hydrogen-bond acceptors (Lipinski definition) is 5. The van der Waals surface area contributed by atoms with Crippen LogP contribution in [0.4, 0.5) is 17.1 Å². The van der Waals surface area contributed by atoms with Crippen molar-refractivity contribution in [3.8, 4) is 0 Å². The lowest BCUT2D eigenvalue weighted by Gasteiger charge is -2.28. The number of amides is 1. The standard InChI is InChI=1S/C22H28ClN3O4S/c1-17-5-6-18(23)16-21(17)26(31(2,28)29)11-3-4-22(27)24-19-7-9-20(10-8-19)25-12-14-30-15-13-25/h5-10,16H,3-4,11-15H2,1-2H3,(H,24,27). The number of nitrogens with zero attached hydrogens (tertiary/aromatic N) is 2. The van der Waals surface area contributed by atoms with Crippen LogP contribution in [0.25, 0.3) is 0 Å². The van der Waals surface area contributed by atoms with Crippen LogP contribution in [-0.4, -0.2) is 53.4 Å². The second-order valence-electron chi connectivity index (χ2n) is 7.56. The summed E-state index contributed by atoms with van der Waals surface area (Å²) in [5, 5.41) is 3.34. The number of carbonyl (C=O) groups is 1. The van der Waals surface area contributed by atoms with E-state index in [1.807, 2.05) is 31.2 Å². The van der Waals surface area contributed by atoms with Gasteiger partial charge in [0.15, 0.2) is 0 Å². The van der Waals surface area contributed by atoms with Crippen molar-refractivity contribution in [1.82, 2.24) is 0 Å².